The molecule has 3 aliphatic rings. The topological polar surface area (TPSA) is 42.0 Å². The van der Waals surface area contributed by atoms with Gasteiger partial charge in [-0.25, -0.2) is 4.98 Å². The molecule has 0 saturated heterocycles. The van der Waals surface area contributed by atoms with Crippen LogP contribution in [0.15, 0.2) is 78.2 Å². The number of aromatic nitrogens is 1. The number of hydrogen-bond acceptors (Lipinski definition) is 3. The van der Waals surface area contributed by atoms with Crippen LogP contribution in [0.2, 0.25) is 5.02 Å². The van der Waals surface area contributed by atoms with E-state index in [9.17, 15) is 4.79 Å². The van der Waals surface area contributed by atoms with E-state index in [1.807, 2.05) is 29.6 Å². The van der Waals surface area contributed by atoms with Gasteiger partial charge in [-0.2, -0.15) is 0 Å². The number of rotatable bonds is 3. The van der Waals surface area contributed by atoms with Gasteiger partial charge in [0.15, 0.2) is 5.13 Å². The van der Waals surface area contributed by atoms with E-state index in [1.54, 1.807) is 0 Å². The molecule has 3 aromatic carbocycles. The highest BCUT2D eigenvalue weighted by Crippen LogP contribution is 2.61. The Balaban J connectivity index is 1.34. The lowest BCUT2D eigenvalue weighted by Gasteiger charge is -2.50. The number of hydrogen-bond donors (Lipinski definition) is 1. The third-order valence-electron chi connectivity index (χ3n) is 7.01. The Kier molecular flexibility index (Phi) is 4.49. The minimum atomic E-state index is -0.542. The Labute approximate surface area is 196 Å². The van der Waals surface area contributed by atoms with E-state index in [4.69, 9.17) is 11.6 Å². The van der Waals surface area contributed by atoms with Gasteiger partial charge >= 0.3 is 0 Å². The van der Waals surface area contributed by atoms with Gasteiger partial charge in [0.05, 0.1) is 11.1 Å². The Morgan fingerprint density at radius 1 is 0.969 bits per heavy atom. The molecule has 158 valence electrons. The van der Waals surface area contributed by atoms with Gasteiger partial charge in [-0.15, -0.1) is 11.3 Å². The minimum Gasteiger partial charge on any atom is -0.301 e. The summed E-state index contributed by atoms with van der Waals surface area (Å²) in [5.74, 6) is 0.313. The summed E-state index contributed by atoms with van der Waals surface area (Å²) in [7, 11) is 0. The van der Waals surface area contributed by atoms with Crippen LogP contribution in [-0.4, -0.2) is 10.9 Å². The molecule has 0 saturated carbocycles. The smallest absolute Gasteiger partial charge is 0.233 e. The van der Waals surface area contributed by atoms with E-state index in [2.05, 4.69) is 65.8 Å². The second-order valence-corrected chi connectivity index (χ2v) is 10.2. The zero-order valence-corrected chi connectivity index (χ0v) is 19.1. The maximum Gasteiger partial charge on any atom is 0.233 e. The molecule has 0 fully saturated rings. The van der Waals surface area contributed by atoms with Crippen molar-refractivity contribution in [2.45, 2.75) is 25.2 Å². The number of benzene rings is 3. The van der Waals surface area contributed by atoms with Crippen LogP contribution < -0.4 is 5.32 Å². The van der Waals surface area contributed by atoms with Crippen LogP contribution in [0.1, 0.15) is 47.4 Å². The van der Waals surface area contributed by atoms with Crippen molar-refractivity contribution < 1.29 is 4.79 Å². The third-order valence-corrected chi connectivity index (χ3v) is 8.02. The molecule has 1 heterocycles. The maximum absolute atomic E-state index is 13.7. The van der Waals surface area contributed by atoms with E-state index < -0.39 is 5.41 Å². The molecule has 0 radical (unpaired) electrons. The molecular formula is C27H21ClN2OS. The van der Waals surface area contributed by atoms with Crippen molar-refractivity contribution in [3.8, 4) is 11.3 Å². The Bertz CT molecular complexity index is 1300. The molecule has 3 nitrogen and oxygen atoms in total. The lowest BCUT2D eigenvalue weighted by molar-refractivity contribution is -0.126. The quantitative estimate of drug-likeness (QED) is 0.357. The summed E-state index contributed by atoms with van der Waals surface area (Å²) in [5.41, 5.74) is 6.56. The number of carbonyl (C=O) groups excluding carboxylic acids is 1. The summed E-state index contributed by atoms with van der Waals surface area (Å²) in [5, 5.41) is 6.44. The van der Waals surface area contributed by atoms with Gasteiger partial charge in [0.1, 0.15) is 0 Å². The first-order valence-electron chi connectivity index (χ1n) is 10.8. The van der Waals surface area contributed by atoms with Crippen LogP contribution in [0.3, 0.4) is 0 Å². The highest BCUT2D eigenvalue weighted by molar-refractivity contribution is 7.14. The molecule has 4 aromatic rings. The number of anilines is 1. The lowest BCUT2D eigenvalue weighted by Crippen LogP contribution is -2.47. The zero-order chi connectivity index (χ0) is 21.9. The summed E-state index contributed by atoms with van der Waals surface area (Å²) in [6.07, 6.45) is 0.799. The molecule has 3 aliphatic carbocycles. The highest BCUT2D eigenvalue weighted by atomic mass is 35.5. The number of nitrogens with one attached hydrogen (secondary N) is 1. The standard InChI is InChI=1S/C27H21ClN2OS/c1-27(25(31)30-26-29-23(15-32-26)16-10-12-17(28)13-11-16)14-22-18-6-2-4-8-20(18)24(27)21-9-5-3-7-19(21)22/h2-13,15,22,24H,14H2,1H3,(H,29,30,31)/t22?,24?,27-/m0/s1. The molecule has 0 unspecified atom stereocenters. The molecule has 7 rings (SSSR count). The third kappa shape index (κ3) is 2.94. The van der Waals surface area contributed by atoms with Gasteiger partial charge in [0, 0.05) is 27.8 Å². The molecule has 5 heteroatoms. The molecule has 0 spiro atoms. The summed E-state index contributed by atoms with van der Waals surface area (Å²) in [6.45, 7) is 2.11. The van der Waals surface area contributed by atoms with Gasteiger partial charge in [0.2, 0.25) is 5.91 Å². The van der Waals surface area contributed by atoms with E-state index in [0.29, 0.717) is 10.2 Å². The Morgan fingerprint density at radius 2 is 1.56 bits per heavy atom. The summed E-state index contributed by atoms with van der Waals surface area (Å²) in [6, 6.07) is 24.8. The monoisotopic (exact) mass is 456 g/mol. The molecule has 32 heavy (non-hydrogen) atoms. The predicted molar refractivity (Wildman–Crippen MR) is 130 cm³/mol. The van der Waals surface area contributed by atoms with Crippen molar-refractivity contribution in [2.75, 3.05) is 5.32 Å². The van der Waals surface area contributed by atoms with Crippen LogP contribution in [0.5, 0.6) is 0 Å². The zero-order valence-electron chi connectivity index (χ0n) is 17.5. The average Bonchev–Trinajstić information content (AvgIpc) is 3.28. The second kappa shape index (κ2) is 7.29. The van der Waals surface area contributed by atoms with Crippen LogP contribution in [0.4, 0.5) is 5.13 Å². The SMILES string of the molecule is C[C@]1(C(=O)Nc2nc(-c3ccc(Cl)cc3)cs2)CC2c3ccccc3C1c1ccccc12. The van der Waals surface area contributed by atoms with E-state index in [0.717, 1.165) is 17.7 Å². The predicted octanol–water partition coefficient (Wildman–Crippen LogP) is 7.09. The van der Waals surface area contributed by atoms with Crippen molar-refractivity contribution in [3.63, 3.8) is 0 Å². The number of amides is 1. The highest BCUT2D eigenvalue weighted by Gasteiger charge is 2.53. The summed E-state index contributed by atoms with van der Waals surface area (Å²) in [4.78, 5) is 18.4. The number of nitrogens with zero attached hydrogens (tertiary/aromatic N) is 1. The minimum absolute atomic E-state index is 0.0357. The van der Waals surface area contributed by atoms with Crippen LogP contribution in [0.25, 0.3) is 11.3 Å². The number of thiazole rings is 1. The lowest BCUT2D eigenvalue weighted by atomic mass is 9.52. The van der Waals surface area contributed by atoms with Gasteiger partial charge in [-0.3, -0.25) is 4.79 Å². The Hall–Kier alpha value is -2.95. The van der Waals surface area contributed by atoms with Crippen molar-refractivity contribution in [1.82, 2.24) is 4.98 Å². The molecule has 0 aliphatic heterocycles. The summed E-state index contributed by atoms with van der Waals surface area (Å²) >= 11 is 7.46. The molecule has 1 N–H and O–H groups in total. The maximum atomic E-state index is 13.7. The van der Waals surface area contributed by atoms with Crippen molar-refractivity contribution >= 4 is 34.0 Å². The second-order valence-electron chi connectivity index (χ2n) is 8.86. The van der Waals surface area contributed by atoms with Gasteiger partial charge in [-0.05, 0) is 47.7 Å². The molecule has 2 bridgehead atoms. The van der Waals surface area contributed by atoms with Crippen LogP contribution >= 0.6 is 22.9 Å². The molecule has 1 atom stereocenters. The first-order chi connectivity index (χ1) is 15.5. The van der Waals surface area contributed by atoms with Gasteiger partial charge in [-0.1, -0.05) is 72.3 Å². The fourth-order valence-electron chi connectivity index (χ4n) is 5.51. The summed E-state index contributed by atoms with van der Waals surface area (Å²) < 4.78 is 0. The van der Waals surface area contributed by atoms with Crippen molar-refractivity contribution in [1.29, 1.82) is 0 Å². The molecule has 1 amide bonds. The van der Waals surface area contributed by atoms with E-state index in [1.165, 1.54) is 33.6 Å². The first-order valence-corrected chi connectivity index (χ1v) is 12.0. The Morgan fingerprint density at radius 3 is 2.19 bits per heavy atom. The largest absolute Gasteiger partial charge is 0.301 e. The fraction of sp³-hybridized carbons (Fsp3) is 0.185. The number of carbonyl (C=O) groups is 1. The average molecular weight is 457 g/mol. The van der Waals surface area contributed by atoms with E-state index >= 15 is 0 Å². The van der Waals surface area contributed by atoms with Crippen LogP contribution in [0, 0.1) is 5.41 Å². The first kappa shape index (κ1) is 19.7. The van der Waals surface area contributed by atoms with Gasteiger partial charge < -0.3 is 5.32 Å². The van der Waals surface area contributed by atoms with Crippen molar-refractivity contribution in [3.05, 3.63) is 105 Å². The fourth-order valence-corrected chi connectivity index (χ4v) is 6.35. The molecular weight excluding hydrogens is 436 g/mol. The number of fused-ring (bicyclic) bond motifs is 1. The van der Waals surface area contributed by atoms with E-state index in [-0.39, 0.29) is 17.7 Å². The van der Waals surface area contributed by atoms with Crippen molar-refractivity contribution in [2.24, 2.45) is 5.41 Å². The number of halogens is 1. The normalized spacial score (nSPS) is 22.8. The van der Waals surface area contributed by atoms with Gasteiger partial charge in [0.25, 0.3) is 0 Å². The van der Waals surface area contributed by atoms with Crippen LogP contribution in [-0.2, 0) is 4.79 Å². The molecule has 1 aromatic heterocycles.